The second kappa shape index (κ2) is 6.66. The van der Waals surface area contributed by atoms with Crippen LogP contribution in [0.5, 0.6) is 0 Å². The van der Waals surface area contributed by atoms with Crippen LogP contribution in [0.1, 0.15) is 24.0 Å². The van der Waals surface area contributed by atoms with Crippen molar-refractivity contribution in [1.29, 1.82) is 0 Å². The zero-order valence-electron chi connectivity index (χ0n) is 13.2. The molecule has 122 valence electrons. The van der Waals surface area contributed by atoms with Crippen molar-refractivity contribution in [3.05, 3.63) is 29.3 Å². The molecule has 2 rings (SSSR count). The highest BCUT2D eigenvalue weighted by atomic mass is 32.2. The number of anilines is 1. The number of sulfonamides is 1. The molecule has 0 spiro atoms. The number of aryl methyl sites for hydroxylation is 2. The molecule has 0 bridgehead atoms. The van der Waals surface area contributed by atoms with Gasteiger partial charge in [0.25, 0.3) is 0 Å². The monoisotopic (exact) mass is 325 g/mol. The standard InChI is InChI=1S/C15H23N3O3S/c1-11-4-5-12(2)14(10-11)16-15(19)18-8-6-13(7-9-18)17-22(3,20)21/h4-5,10,13,17H,6-9H2,1-3H3,(H,16,19). The van der Waals surface area contributed by atoms with Crippen LogP contribution in [0.2, 0.25) is 0 Å². The van der Waals surface area contributed by atoms with Crippen LogP contribution in [0.3, 0.4) is 0 Å². The van der Waals surface area contributed by atoms with E-state index in [2.05, 4.69) is 10.0 Å². The first-order valence-corrected chi connectivity index (χ1v) is 9.24. The van der Waals surface area contributed by atoms with E-state index in [0.29, 0.717) is 25.9 Å². The second-order valence-electron chi connectivity index (χ2n) is 5.90. The van der Waals surface area contributed by atoms with Gasteiger partial charge in [-0.2, -0.15) is 0 Å². The van der Waals surface area contributed by atoms with Gasteiger partial charge in [0, 0.05) is 24.8 Å². The number of carbonyl (C=O) groups is 1. The highest BCUT2D eigenvalue weighted by Gasteiger charge is 2.24. The predicted molar refractivity (Wildman–Crippen MR) is 87.5 cm³/mol. The van der Waals surface area contributed by atoms with Crippen molar-refractivity contribution in [3.8, 4) is 0 Å². The number of piperidine rings is 1. The second-order valence-corrected chi connectivity index (χ2v) is 7.68. The van der Waals surface area contributed by atoms with E-state index in [4.69, 9.17) is 0 Å². The summed E-state index contributed by atoms with van der Waals surface area (Å²) in [6.45, 7) is 5.03. The molecule has 1 aromatic carbocycles. The van der Waals surface area contributed by atoms with Gasteiger partial charge in [-0.05, 0) is 43.9 Å². The van der Waals surface area contributed by atoms with Crippen LogP contribution in [-0.2, 0) is 10.0 Å². The smallest absolute Gasteiger partial charge is 0.321 e. The molecule has 0 radical (unpaired) electrons. The third-order valence-corrected chi connectivity index (χ3v) is 4.56. The maximum atomic E-state index is 12.3. The summed E-state index contributed by atoms with van der Waals surface area (Å²) >= 11 is 0. The Morgan fingerprint density at radius 3 is 2.45 bits per heavy atom. The van der Waals surface area contributed by atoms with Gasteiger partial charge in [0.05, 0.1) is 6.26 Å². The number of nitrogens with one attached hydrogen (secondary N) is 2. The van der Waals surface area contributed by atoms with Gasteiger partial charge >= 0.3 is 6.03 Å². The van der Waals surface area contributed by atoms with Gasteiger partial charge in [-0.3, -0.25) is 0 Å². The molecule has 1 fully saturated rings. The lowest BCUT2D eigenvalue weighted by atomic mass is 10.1. The van der Waals surface area contributed by atoms with Crippen molar-refractivity contribution < 1.29 is 13.2 Å². The Labute approximate surface area is 131 Å². The number of rotatable bonds is 3. The number of nitrogens with zero attached hydrogens (tertiary/aromatic N) is 1. The summed E-state index contributed by atoms with van der Waals surface area (Å²) < 4.78 is 25.0. The third-order valence-electron chi connectivity index (χ3n) is 3.80. The molecule has 0 saturated carbocycles. The predicted octanol–water partition coefficient (Wildman–Crippen LogP) is 1.85. The molecule has 0 unspecified atom stereocenters. The molecular weight excluding hydrogens is 302 g/mol. The van der Waals surface area contributed by atoms with Crippen LogP contribution in [0.4, 0.5) is 10.5 Å². The minimum atomic E-state index is -3.19. The Hall–Kier alpha value is -1.60. The molecule has 6 nitrogen and oxygen atoms in total. The molecule has 2 N–H and O–H groups in total. The van der Waals surface area contributed by atoms with Gasteiger partial charge in [0.15, 0.2) is 0 Å². The van der Waals surface area contributed by atoms with Gasteiger partial charge < -0.3 is 10.2 Å². The SMILES string of the molecule is Cc1ccc(C)c(NC(=O)N2CCC(NS(C)(=O)=O)CC2)c1. The summed E-state index contributed by atoms with van der Waals surface area (Å²) in [6.07, 6.45) is 2.42. The quantitative estimate of drug-likeness (QED) is 0.890. The summed E-state index contributed by atoms with van der Waals surface area (Å²) in [6, 6.07) is 5.72. The van der Waals surface area contributed by atoms with E-state index in [1.54, 1.807) is 4.90 Å². The molecular formula is C15H23N3O3S. The zero-order chi connectivity index (χ0) is 16.3. The Bertz CT molecular complexity index is 650. The Morgan fingerprint density at radius 1 is 1.23 bits per heavy atom. The normalized spacial score (nSPS) is 16.6. The fraction of sp³-hybridized carbons (Fsp3) is 0.533. The van der Waals surface area contributed by atoms with Crippen LogP contribution >= 0.6 is 0 Å². The van der Waals surface area contributed by atoms with E-state index in [1.165, 1.54) is 0 Å². The van der Waals surface area contributed by atoms with Gasteiger partial charge in [-0.25, -0.2) is 17.9 Å². The fourth-order valence-corrected chi connectivity index (χ4v) is 3.41. The summed E-state index contributed by atoms with van der Waals surface area (Å²) in [4.78, 5) is 14.0. The minimum absolute atomic E-state index is 0.0836. The lowest BCUT2D eigenvalue weighted by Gasteiger charge is -2.32. The van der Waals surface area contributed by atoms with E-state index in [0.717, 1.165) is 23.1 Å². The number of hydrogen-bond acceptors (Lipinski definition) is 3. The highest BCUT2D eigenvalue weighted by Crippen LogP contribution is 2.18. The van der Waals surface area contributed by atoms with Crippen LogP contribution in [0, 0.1) is 13.8 Å². The number of hydrogen-bond donors (Lipinski definition) is 2. The van der Waals surface area contributed by atoms with Crippen molar-refractivity contribution in [2.24, 2.45) is 0 Å². The van der Waals surface area contributed by atoms with Crippen molar-refractivity contribution in [2.45, 2.75) is 32.7 Å². The maximum Gasteiger partial charge on any atom is 0.321 e. The summed E-state index contributed by atoms with van der Waals surface area (Å²) in [7, 11) is -3.19. The van der Waals surface area contributed by atoms with Crippen molar-refractivity contribution in [3.63, 3.8) is 0 Å². The molecule has 0 aromatic heterocycles. The molecule has 1 heterocycles. The van der Waals surface area contributed by atoms with Gasteiger partial charge in [0.2, 0.25) is 10.0 Å². The van der Waals surface area contributed by atoms with E-state index < -0.39 is 10.0 Å². The van der Waals surface area contributed by atoms with Crippen molar-refractivity contribution in [2.75, 3.05) is 24.7 Å². The topological polar surface area (TPSA) is 78.5 Å². The van der Waals surface area contributed by atoms with Crippen LogP contribution < -0.4 is 10.0 Å². The largest absolute Gasteiger partial charge is 0.324 e. The zero-order valence-corrected chi connectivity index (χ0v) is 14.0. The van der Waals surface area contributed by atoms with Gasteiger partial charge in [0.1, 0.15) is 0 Å². The third kappa shape index (κ3) is 4.71. The lowest BCUT2D eigenvalue weighted by molar-refractivity contribution is 0.193. The van der Waals surface area contributed by atoms with Crippen molar-refractivity contribution in [1.82, 2.24) is 9.62 Å². The van der Waals surface area contributed by atoms with Gasteiger partial charge in [-0.1, -0.05) is 12.1 Å². The summed E-state index contributed by atoms with van der Waals surface area (Å²) in [5, 5.41) is 2.93. The number of carbonyl (C=O) groups excluding carboxylic acids is 1. The molecule has 0 aliphatic carbocycles. The van der Waals surface area contributed by atoms with E-state index in [1.807, 2.05) is 32.0 Å². The molecule has 1 aliphatic rings. The number of urea groups is 1. The molecule has 2 amide bonds. The van der Waals surface area contributed by atoms with Crippen LogP contribution in [-0.4, -0.2) is 44.7 Å². The average molecular weight is 325 g/mol. The maximum absolute atomic E-state index is 12.3. The highest BCUT2D eigenvalue weighted by molar-refractivity contribution is 7.88. The summed E-state index contributed by atoms with van der Waals surface area (Å²) in [5.41, 5.74) is 2.94. The lowest BCUT2D eigenvalue weighted by Crippen LogP contribution is -2.47. The molecule has 22 heavy (non-hydrogen) atoms. The molecule has 1 aliphatic heterocycles. The van der Waals surface area contributed by atoms with E-state index in [9.17, 15) is 13.2 Å². The van der Waals surface area contributed by atoms with Gasteiger partial charge in [-0.15, -0.1) is 0 Å². The Kier molecular flexibility index (Phi) is 5.08. The first kappa shape index (κ1) is 16.8. The molecule has 0 atom stereocenters. The summed E-state index contributed by atoms with van der Waals surface area (Å²) in [5.74, 6) is 0. The minimum Gasteiger partial charge on any atom is -0.324 e. The first-order valence-electron chi connectivity index (χ1n) is 7.35. The average Bonchev–Trinajstić information content (AvgIpc) is 2.42. The molecule has 1 saturated heterocycles. The number of amides is 2. The first-order chi connectivity index (χ1) is 10.2. The fourth-order valence-electron chi connectivity index (χ4n) is 2.57. The Morgan fingerprint density at radius 2 is 1.86 bits per heavy atom. The van der Waals surface area contributed by atoms with Crippen LogP contribution in [0.25, 0.3) is 0 Å². The van der Waals surface area contributed by atoms with Crippen LogP contribution in [0.15, 0.2) is 18.2 Å². The Balaban J connectivity index is 1.91. The molecule has 7 heteroatoms. The number of benzene rings is 1. The van der Waals surface area contributed by atoms with E-state index >= 15 is 0 Å². The van der Waals surface area contributed by atoms with E-state index in [-0.39, 0.29) is 12.1 Å². The van der Waals surface area contributed by atoms with Crippen molar-refractivity contribution >= 4 is 21.7 Å². The molecule has 1 aromatic rings. The number of likely N-dealkylation sites (tertiary alicyclic amines) is 1.